The van der Waals surface area contributed by atoms with E-state index in [0.29, 0.717) is 0 Å². The molecular weight excluding hydrogens is 232 g/mol. The van der Waals surface area contributed by atoms with E-state index < -0.39 is 0 Å². The SMILES string of the molecule is c1ccc(-n2ncc3c2CCc2ccccc2-3)cc1. The molecule has 1 aliphatic carbocycles. The van der Waals surface area contributed by atoms with Crippen molar-refractivity contribution in [3.05, 3.63) is 72.1 Å². The number of para-hydroxylation sites is 1. The van der Waals surface area contributed by atoms with E-state index in [9.17, 15) is 0 Å². The highest BCUT2D eigenvalue weighted by Gasteiger charge is 2.20. The third-order valence-corrected chi connectivity index (χ3v) is 3.81. The van der Waals surface area contributed by atoms with Gasteiger partial charge in [0, 0.05) is 5.56 Å². The Balaban J connectivity index is 1.91. The van der Waals surface area contributed by atoms with Crippen molar-refractivity contribution in [1.29, 1.82) is 0 Å². The first-order valence-electron chi connectivity index (χ1n) is 6.64. The van der Waals surface area contributed by atoms with E-state index in [1.54, 1.807) is 0 Å². The summed E-state index contributed by atoms with van der Waals surface area (Å²) in [4.78, 5) is 0. The molecule has 3 aromatic rings. The third kappa shape index (κ3) is 1.60. The van der Waals surface area contributed by atoms with Crippen LogP contribution in [0.25, 0.3) is 16.8 Å². The first kappa shape index (κ1) is 10.6. The Hall–Kier alpha value is -2.35. The Morgan fingerprint density at radius 1 is 0.789 bits per heavy atom. The summed E-state index contributed by atoms with van der Waals surface area (Å²) < 4.78 is 2.07. The van der Waals surface area contributed by atoms with E-state index >= 15 is 0 Å². The van der Waals surface area contributed by atoms with Gasteiger partial charge in [-0.25, -0.2) is 4.68 Å². The van der Waals surface area contributed by atoms with Crippen LogP contribution in [0.1, 0.15) is 11.3 Å². The fourth-order valence-electron chi connectivity index (χ4n) is 2.89. The van der Waals surface area contributed by atoms with Crippen LogP contribution < -0.4 is 0 Å². The van der Waals surface area contributed by atoms with Gasteiger partial charge >= 0.3 is 0 Å². The van der Waals surface area contributed by atoms with Crippen molar-refractivity contribution < 1.29 is 0 Å². The van der Waals surface area contributed by atoms with E-state index in [1.807, 2.05) is 12.3 Å². The number of hydrogen-bond acceptors (Lipinski definition) is 1. The predicted molar refractivity (Wildman–Crippen MR) is 76.4 cm³/mol. The largest absolute Gasteiger partial charge is 0.237 e. The molecule has 0 N–H and O–H groups in total. The van der Waals surface area contributed by atoms with Gasteiger partial charge in [0.1, 0.15) is 0 Å². The van der Waals surface area contributed by atoms with Crippen molar-refractivity contribution in [2.45, 2.75) is 12.8 Å². The standard InChI is InChI=1S/C17H14N2/c1-2-7-14(8-3-1)19-17-11-10-13-6-4-5-9-15(13)16(17)12-18-19/h1-9,12H,10-11H2. The van der Waals surface area contributed by atoms with E-state index in [2.05, 4.69) is 58.3 Å². The summed E-state index contributed by atoms with van der Waals surface area (Å²) in [5.41, 5.74) is 6.52. The topological polar surface area (TPSA) is 17.8 Å². The Bertz CT molecular complexity index is 713. The second-order valence-electron chi connectivity index (χ2n) is 4.91. The Kier molecular flexibility index (Phi) is 2.27. The summed E-state index contributed by atoms with van der Waals surface area (Å²) in [5, 5.41) is 4.58. The second kappa shape index (κ2) is 4.09. The molecule has 92 valence electrons. The first-order chi connectivity index (χ1) is 9.43. The summed E-state index contributed by atoms with van der Waals surface area (Å²) in [6.07, 6.45) is 4.16. The zero-order valence-corrected chi connectivity index (χ0v) is 10.6. The summed E-state index contributed by atoms with van der Waals surface area (Å²) >= 11 is 0. The summed E-state index contributed by atoms with van der Waals surface area (Å²) in [5.74, 6) is 0. The molecule has 19 heavy (non-hydrogen) atoms. The first-order valence-corrected chi connectivity index (χ1v) is 6.64. The van der Waals surface area contributed by atoms with Crippen LogP contribution in [-0.2, 0) is 12.8 Å². The lowest BCUT2D eigenvalue weighted by atomic mass is 9.90. The van der Waals surface area contributed by atoms with Crippen LogP contribution in [0.3, 0.4) is 0 Å². The molecule has 0 amide bonds. The Labute approximate surface area is 112 Å². The quantitative estimate of drug-likeness (QED) is 0.641. The summed E-state index contributed by atoms with van der Waals surface area (Å²) in [7, 11) is 0. The number of nitrogens with zero attached hydrogens (tertiary/aromatic N) is 2. The van der Waals surface area contributed by atoms with Gasteiger partial charge in [-0.05, 0) is 36.1 Å². The molecule has 0 saturated carbocycles. The number of aryl methyl sites for hydroxylation is 1. The third-order valence-electron chi connectivity index (χ3n) is 3.81. The van der Waals surface area contributed by atoms with Crippen LogP contribution in [0.2, 0.25) is 0 Å². The fourth-order valence-corrected chi connectivity index (χ4v) is 2.89. The van der Waals surface area contributed by atoms with Crippen LogP contribution in [0, 0.1) is 0 Å². The number of fused-ring (bicyclic) bond motifs is 3. The molecule has 2 nitrogen and oxygen atoms in total. The molecule has 0 aliphatic heterocycles. The van der Waals surface area contributed by atoms with Gasteiger partial charge < -0.3 is 0 Å². The molecule has 0 saturated heterocycles. The van der Waals surface area contributed by atoms with E-state index in [4.69, 9.17) is 0 Å². The molecule has 2 aromatic carbocycles. The van der Waals surface area contributed by atoms with Crippen LogP contribution in [-0.4, -0.2) is 9.78 Å². The Morgan fingerprint density at radius 2 is 1.58 bits per heavy atom. The van der Waals surface area contributed by atoms with Crippen LogP contribution in [0.15, 0.2) is 60.8 Å². The number of benzene rings is 2. The molecule has 0 radical (unpaired) electrons. The average Bonchev–Trinajstić information content (AvgIpc) is 2.92. The van der Waals surface area contributed by atoms with E-state index in [0.717, 1.165) is 18.5 Å². The van der Waals surface area contributed by atoms with Crippen molar-refractivity contribution in [3.8, 4) is 16.8 Å². The number of aromatic nitrogens is 2. The van der Waals surface area contributed by atoms with Crippen molar-refractivity contribution in [2.24, 2.45) is 0 Å². The fraction of sp³-hybridized carbons (Fsp3) is 0.118. The lowest BCUT2D eigenvalue weighted by Crippen LogP contribution is -2.08. The van der Waals surface area contributed by atoms with Crippen molar-refractivity contribution in [2.75, 3.05) is 0 Å². The molecule has 0 spiro atoms. The Morgan fingerprint density at radius 3 is 2.47 bits per heavy atom. The highest BCUT2D eigenvalue weighted by Crippen LogP contribution is 2.34. The monoisotopic (exact) mass is 246 g/mol. The normalized spacial score (nSPS) is 12.8. The molecular formula is C17H14N2. The zero-order valence-electron chi connectivity index (χ0n) is 10.6. The van der Waals surface area contributed by atoms with Gasteiger partial charge in [0.05, 0.1) is 17.6 Å². The van der Waals surface area contributed by atoms with Crippen molar-refractivity contribution in [1.82, 2.24) is 9.78 Å². The van der Waals surface area contributed by atoms with Gasteiger partial charge in [-0.1, -0.05) is 42.5 Å². The molecule has 0 atom stereocenters. The lowest BCUT2D eigenvalue weighted by Gasteiger charge is -2.17. The highest BCUT2D eigenvalue weighted by atomic mass is 15.3. The molecule has 0 fully saturated rings. The molecule has 2 heteroatoms. The van der Waals surface area contributed by atoms with Crippen molar-refractivity contribution >= 4 is 0 Å². The van der Waals surface area contributed by atoms with Gasteiger partial charge in [0.25, 0.3) is 0 Å². The smallest absolute Gasteiger partial charge is 0.0649 e. The number of rotatable bonds is 1. The van der Waals surface area contributed by atoms with Gasteiger partial charge in [0.15, 0.2) is 0 Å². The molecule has 1 aliphatic rings. The van der Waals surface area contributed by atoms with Crippen LogP contribution >= 0.6 is 0 Å². The maximum Gasteiger partial charge on any atom is 0.0649 e. The van der Waals surface area contributed by atoms with E-state index in [-0.39, 0.29) is 0 Å². The van der Waals surface area contributed by atoms with E-state index in [1.165, 1.54) is 22.4 Å². The van der Waals surface area contributed by atoms with Gasteiger partial charge in [0.2, 0.25) is 0 Å². The summed E-state index contributed by atoms with van der Waals surface area (Å²) in [6.45, 7) is 0. The van der Waals surface area contributed by atoms with Gasteiger partial charge in [-0.2, -0.15) is 5.10 Å². The highest BCUT2D eigenvalue weighted by molar-refractivity contribution is 5.72. The molecule has 4 rings (SSSR count). The maximum atomic E-state index is 4.58. The average molecular weight is 246 g/mol. The minimum atomic E-state index is 1.06. The maximum absolute atomic E-state index is 4.58. The molecule has 0 bridgehead atoms. The van der Waals surface area contributed by atoms with Crippen LogP contribution in [0.5, 0.6) is 0 Å². The lowest BCUT2D eigenvalue weighted by molar-refractivity contribution is 0.781. The second-order valence-corrected chi connectivity index (χ2v) is 4.91. The van der Waals surface area contributed by atoms with Crippen LogP contribution in [0.4, 0.5) is 0 Å². The molecule has 1 heterocycles. The molecule has 1 aromatic heterocycles. The number of hydrogen-bond donors (Lipinski definition) is 0. The molecule has 0 unspecified atom stereocenters. The summed E-state index contributed by atoms with van der Waals surface area (Å²) in [6, 6.07) is 19.0. The zero-order chi connectivity index (χ0) is 12.7. The van der Waals surface area contributed by atoms with Gasteiger partial charge in [-0.3, -0.25) is 0 Å². The predicted octanol–water partition coefficient (Wildman–Crippen LogP) is 3.64. The van der Waals surface area contributed by atoms with Crippen molar-refractivity contribution in [3.63, 3.8) is 0 Å². The minimum Gasteiger partial charge on any atom is -0.237 e. The minimum absolute atomic E-state index is 1.06. The van der Waals surface area contributed by atoms with Gasteiger partial charge in [-0.15, -0.1) is 0 Å².